The van der Waals surface area contributed by atoms with Gasteiger partial charge in [0, 0.05) is 0 Å². The highest BCUT2D eigenvalue weighted by molar-refractivity contribution is 5.80. The van der Waals surface area contributed by atoms with E-state index in [4.69, 9.17) is 9.47 Å². The van der Waals surface area contributed by atoms with E-state index >= 15 is 0 Å². The molecule has 1 rings (SSSR count). The van der Waals surface area contributed by atoms with Crippen LogP contribution in [-0.4, -0.2) is 110 Å². The summed E-state index contributed by atoms with van der Waals surface area (Å²) in [7, 11) is 0. The number of carbonyl (C=O) groups is 1. The number of aliphatic hydroxyl groups excluding tert-OH is 7. The molecular formula is C75H147NO10. The molecule has 512 valence electrons. The van der Waals surface area contributed by atoms with E-state index in [-0.39, 0.29) is 6.42 Å². The molecule has 0 aromatic rings. The molecule has 0 aromatic heterocycles. The van der Waals surface area contributed by atoms with Crippen molar-refractivity contribution in [2.45, 2.75) is 448 Å². The van der Waals surface area contributed by atoms with Crippen molar-refractivity contribution in [1.82, 2.24) is 5.32 Å². The van der Waals surface area contributed by atoms with Crippen LogP contribution in [0.3, 0.4) is 0 Å². The van der Waals surface area contributed by atoms with E-state index in [0.717, 1.165) is 38.5 Å². The predicted octanol–water partition coefficient (Wildman–Crippen LogP) is 19.0. The van der Waals surface area contributed by atoms with E-state index in [1.165, 1.54) is 315 Å². The molecule has 9 atom stereocenters. The summed E-state index contributed by atoms with van der Waals surface area (Å²) in [6.07, 6.45) is 68.8. The van der Waals surface area contributed by atoms with Crippen molar-refractivity contribution < 1.29 is 50.0 Å². The zero-order chi connectivity index (χ0) is 62.4. The number of ether oxygens (including phenoxy) is 2. The number of nitrogens with one attached hydrogen (secondary N) is 1. The van der Waals surface area contributed by atoms with Crippen LogP contribution in [0.5, 0.6) is 0 Å². The molecule has 0 saturated carbocycles. The first kappa shape index (κ1) is 82.9. The highest BCUT2D eigenvalue weighted by Gasteiger charge is 2.44. The van der Waals surface area contributed by atoms with Crippen LogP contribution in [0.2, 0.25) is 0 Å². The van der Waals surface area contributed by atoms with Gasteiger partial charge in [-0.3, -0.25) is 4.79 Å². The number of aliphatic hydroxyl groups is 7. The van der Waals surface area contributed by atoms with Crippen LogP contribution < -0.4 is 5.32 Å². The fourth-order valence-corrected chi connectivity index (χ4v) is 12.7. The minimum absolute atomic E-state index is 0.265. The summed E-state index contributed by atoms with van der Waals surface area (Å²) < 4.78 is 11.2. The van der Waals surface area contributed by atoms with Crippen LogP contribution in [0.1, 0.15) is 393 Å². The van der Waals surface area contributed by atoms with Gasteiger partial charge in [-0.25, -0.2) is 0 Å². The molecule has 11 heteroatoms. The second-order valence-corrected chi connectivity index (χ2v) is 27.1. The van der Waals surface area contributed by atoms with Crippen molar-refractivity contribution >= 4 is 5.91 Å². The number of unbranched alkanes of at least 4 members (excludes halogenated alkanes) is 54. The lowest BCUT2D eigenvalue weighted by molar-refractivity contribution is -0.303. The van der Waals surface area contributed by atoms with Crippen molar-refractivity contribution in [3.8, 4) is 0 Å². The van der Waals surface area contributed by atoms with Gasteiger partial charge in [0.1, 0.15) is 36.6 Å². The lowest BCUT2D eigenvalue weighted by Crippen LogP contribution is -2.60. The summed E-state index contributed by atoms with van der Waals surface area (Å²) in [6, 6.07) is -1.17. The maximum atomic E-state index is 13.3. The Hall–Kier alpha value is -1.15. The normalized spacial score (nSPS) is 18.7. The van der Waals surface area contributed by atoms with Gasteiger partial charge in [0.15, 0.2) is 6.29 Å². The summed E-state index contributed by atoms with van der Waals surface area (Å²) in [5.74, 6) is -0.688. The van der Waals surface area contributed by atoms with Gasteiger partial charge in [-0.1, -0.05) is 366 Å². The maximum absolute atomic E-state index is 13.3. The van der Waals surface area contributed by atoms with Gasteiger partial charge in [-0.2, -0.15) is 0 Å². The average Bonchev–Trinajstić information content (AvgIpc) is 3.00. The van der Waals surface area contributed by atoms with Crippen LogP contribution in [0.4, 0.5) is 0 Å². The van der Waals surface area contributed by atoms with Crippen molar-refractivity contribution in [3.05, 3.63) is 12.2 Å². The van der Waals surface area contributed by atoms with Crippen LogP contribution in [0.15, 0.2) is 12.2 Å². The molecule has 1 fully saturated rings. The van der Waals surface area contributed by atoms with Crippen LogP contribution in [0.25, 0.3) is 0 Å². The average molecular weight is 1220 g/mol. The van der Waals surface area contributed by atoms with Gasteiger partial charge in [-0.05, 0) is 38.5 Å². The molecule has 1 aliphatic heterocycles. The van der Waals surface area contributed by atoms with Gasteiger partial charge in [-0.15, -0.1) is 0 Å². The molecule has 1 amide bonds. The van der Waals surface area contributed by atoms with Crippen molar-refractivity contribution in [2.75, 3.05) is 13.2 Å². The molecule has 0 radical (unpaired) electrons. The minimum atomic E-state index is -1.66. The number of hydrogen-bond acceptors (Lipinski definition) is 10. The summed E-state index contributed by atoms with van der Waals surface area (Å²) in [6.45, 7) is 3.53. The fourth-order valence-electron chi connectivity index (χ4n) is 12.7. The molecule has 0 aliphatic carbocycles. The standard InChI is InChI=1S/C75H147NO10/c1-3-5-7-9-11-13-15-17-19-21-23-25-27-29-31-33-35-37-39-41-43-45-47-49-51-53-55-57-59-61-63-68(79)74(84)76-66(65-85-75-73(83)72(82)71(81)69(64-77)86-75)70(80)67(78)62-60-58-56-54-52-50-48-46-44-42-40-38-36-34-32-30-28-26-24-22-20-18-16-14-12-10-8-6-4-2/h29,31,66-73,75,77-83H,3-28,30,32-65H2,1-2H3,(H,76,84)/b31-29-. The Labute approximate surface area is 532 Å². The second-order valence-electron chi connectivity index (χ2n) is 27.1. The molecule has 8 N–H and O–H groups in total. The molecule has 1 saturated heterocycles. The highest BCUT2D eigenvalue weighted by Crippen LogP contribution is 2.24. The monoisotopic (exact) mass is 1220 g/mol. The maximum Gasteiger partial charge on any atom is 0.249 e. The third-order valence-corrected chi connectivity index (χ3v) is 18.8. The van der Waals surface area contributed by atoms with Crippen LogP contribution >= 0.6 is 0 Å². The second kappa shape index (κ2) is 64.0. The van der Waals surface area contributed by atoms with Gasteiger partial charge in [0.25, 0.3) is 0 Å². The highest BCUT2D eigenvalue weighted by atomic mass is 16.7. The zero-order valence-electron chi connectivity index (χ0n) is 56.8. The molecule has 11 nitrogen and oxygen atoms in total. The Kier molecular flexibility index (Phi) is 61.6. The molecule has 0 bridgehead atoms. The molecule has 1 heterocycles. The lowest BCUT2D eigenvalue weighted by atomic mass is 9.98. The van der Waals surface area contributed by atoms with Crippen molar-refractivity contribution in [3.63, 3.8) is 0 Å². The summed E-state index contributed by atoms with van der Waals surface area (Å²) in [4.78, 5) is 13.3. The summed E-state index contributed by atoms with van der Waals surface area (Å²) in [5, 5.41) is 76.7. The number of allylic oxidation sites excluding steroid dienone is 2. The number of carbonyl (C=O) groups excluding carboxylic acids is 1. The van der Waals surface area contributed by atoms with Crippen LogP contribution in [0, 0.1) is 0 Å². The molecule has 0 aromatic carbocycles. The van der Waals surface area contributed by atoms with Gasteiger partial charge < -0.3 is 50.5 Å². The minimum Gasteiger partial charge on any atom is -0.394 e. The quantitative estimate of drug-likeness (QED) is 0.0215. The lowest BCUT2D eigenvalue weighted by Gasteiger charge is -2.40. The van der Waals surface area contributed by atoms with Crippen molar-refractivity contribution in [2.24, 2.45) is 0 Å². The Bertz CT molecular complexity index is 1400. The summed E-state index contributed by atoms with van der Waals surface area (Å²) in [5.41, 5.74) is 0. The molecule has 0 spiro atoms. The van der Waals surface area contributed by atoms with Crippen molar-refractivity contribution in [1.29, 1.82) is 0 Å². The molecule has 9 unspecified atom stereocenters. The third-order valence-electron chi connectivity index (χ3n) is 18.8. The zero-order valence-corrected chi connectivity index (χ0v) is 56.8. The third kappa shape index (κ3) is 50.5. The van der Waals surface area contributed by atoms with Gasteiger partial charge in [0.2, 0.25) is 5.91 Å². The Morgan fingerprint density at radius 1 is 0.395 bits per heavy atom. The van der Waals surface area contributed by atoms with E-state index in [2.05, 4.69) is 31.3 Å². The predicted molar refractivity (Wildman–Crippen MR) is 363 cm³/mol. The van der Waals surface area contributed by atoms with E-state index in [9.17, 15) is 40.5 Å². The smallest absolute Gasteiger partial charge is 0.249 e. The molecule has 1 aliphatic rings. The Balaban J connectivity index is 2.15. The van der Waals surface area contributed by atoms with E-state index < -0.39 is 74.2 Å². The SMILES string of the molecule is CCCCCCCCCCCCCC/C=C\CCCCCCCCCCCCCCCCC(O)C(=O)NC(COC1OC(CO)C(O)C(O)C1O)C(O)C(O)CCCCCCCCCCCCCCCCCCCCCCCCCCCCCCC. The number of rotatable bonds is 68. The Morgan fingerprint density at radius 2 is 0.674 bits per heavy atom. The van der Waals surface area contributed by atoms with Gasteiger partial charge >= 0.3 is 0 Å². The van der Waals surface area contributed by atoms with Gasteiger partial charge in [0.05, 0.1) is 25.4 Å². The number of amides is 1. The summed E-state index contributed by atoms with van der Waals surface area (Å²) >= 11 is 0. The first-order valence-corrected chi connectivity index (χ1v) is 38.1. The topological polar surface area (TPSA) is 189 Å². The van der Waals surface area contributed by atoms with E-state index in [1.54, 1.807) is 0 Å². The molecule has 86 heavy (non-hydrogen) atoms. The first-order valence-electron chi connectivity index (χ1n) is 38.1. The van der Waals surface area contributed by atoms with E-state index in [1.807, 2.05) is 0 Å². The first-order chi connectivity index (χ1) is 42.2. The molecular weight excluding hydrogens is 1070 g/mol. The van der Waals surface area contributed by atoms with E-state index in [0.29, 0.717) is 19.3 Å². The van der Waals surface area contributed by atoms with Crippen LogP contribution in [-0.2, 0) is 14.3 Å². The largest absolute Gasteiger partial charge is 0.394 e. The number of hydrogen-bond donors (Lipinski definition) is 8. The fraction of sp³-hybridized carbons (Fsp3) is 0.960. The Morgan fingerprint density at radius 3 is 0.977 bits per heavy atom.